The molecule has 9 heteroatoms. The lowest BCUT2D eigenvalue weighted by Crippen LogP contribution is -2.37. The van der Waals surface area contributed by atoms with Gasteiger partial charge < -0.3 is 24.1 Å². The zero-order valence-electron chi connectivity index (χ0n) is 22.0. The number of rotatable bonds is 14. The van der Waals surface area contributed by atoms with Crippen LogP contribution in [0.15, 0.2) is 95.3 Å². The lowest BCUT2D eigenvalue weighted by atomic mass is 10.2. The van der Waals surface area contributed by atoms with Crippen LogP contribution in [0.5, 0.6) is 17.2 Å². The maximum atomic E-state index is 12.6. The number of benzene rings is 3. The van der Waals surface area contributed by atoms with Crippen molar-refractivity contribution in [2.45, 2.75) is 26.5 Å². The van der Waals surface area contributed by atoms with E-state index in [4.69, 9.17) is 18.9 Å². The number of hydrogen-bond acceptors (Lipinski definition) is 7. The maximum Gasteiger partial charge on any atom is 0.416 e. The SMILES string of the molecule is C=N/C(CCOc1ccc(CN(CC(=O)O)C(=O)Oc2ccc(OC)cc2)cc1)=C(/C)OCc1ccccc1. The normalized spacial score (nSPS) is 11.1. The molecule has 204 valence electrons. The van der Waals surface area contributed by atoms with Crippen molar-refractivity contribution < 1.29 is 33.6 Å². The number of aliphatic carboxylic acids is 1. The monoisotopic (exact) mass is 532 g/mol. The van der Waals surface area contributed by atoms with Crippen molar-refractivity contribution in [3.05, 3.63) is 101 Å². The van der Waals surface area contributed by atoms with Gasteiger partial charge in [0.25, 0.3) is 0 Å². The van der Waals surface area contributed by atoms with E-state index in [9.17, 15) is 14.7 Å². The summed E-state index contributed by atoms with van der Waals surface area (Å²) >= 11 is 0. The molecule has 3 rings (SSSR count). The van der Waals surface area contributed by atoms with Crippen molar-refractivity contribution >= 4 is 18.8 Å². The largest absolute Gasteiger partial charge is 0.497 e. The maximum absolute atomic E-state index is 12.6. The van der Waals surface area contributed by atoms with Crippen LogP contribution >= 0.6 is 0 Å². The van der Waals surface area contributed by atoms with Crippen molar-refractivity contribution in [1.82, 2.24) is 4.90 Å². The minimum atomic E-state index is -1.15. The minimum Gasteiger partial charge on any atom is -0.497 e. The predicted octanol–water partition coefficient (Wildman–Crippen LogP) is 5.70. The first-order valence-electron chi connectivity index (χ1n) is 12.3. The van der Waals surface area contributed by atoms with E-state index in [1.165, 1.54) is 7.11 Å². The van der Waals surface area contributed by atoms with Gasteiger partial charge in [0.15, 0.2) is 0 Å². The smallest absolute Gasteiger partial charge is 0.416 e. The highest BCUT2D eigenvalue weighted by atomic mass is 16.6. The Hall–Kier alpha value is -4.79. The van der Waals surface area contributed by atoms with Gasteiger partial charge in [-0.2, -0.15) is 0 Å². The van der Waals surface area contributed by atoms with Crippen LogP contribution in [0.3, 0.4) is 0 Å². The average Bonchev–Trinajstić information content (AvgIpc) is 2.95. The molecule has 0 aliphatic heterocycles. The number of hydrogen-bond donors (Lipinski definition) is 1. The summed E-state index contributed by atoms with van der Waals surface area (Å²) < 4.78 is 22.1. The number of carboxylic acid groups (broad SMARTS) is 1. The molecular formula is C30H32N2O7. The van der Waals surface area contributed by atoms with E-state index >= 15 is 0 Å². The summed E-state index contributed by atoms with van der Waals surface area (Å²) in [6.07, 6.45) is -0.265. The first-order valence-corrected chi connectivity index (χ1v) is 12.3. The van der Waals surface area contributed by atoms with Crippen LogP contribution in [-0.2, 0) is 22.7 Å². The number of nitrogens with zero attached hydrogens (tertiary/aromatic N) is 2. The molecule has 0 saturated carbocycles. The van der Waals surface area contributed by atoms with E-state index in [-0.39, 0.29) is 12.3 Å². The Morgan fingerprint density at radius 2 is 1.54 bits per heavy atom. The molecular weight excluding hydrogens is 500 g/mol. The number of carbonyl (C=O) groups is 2. The van der Waals surface area contributed by atoms with Gasteiger partial charge in [0.05, 0.1) is 19.4 Å². The molecule has 0 aliphatic rings. The molecule has 0 aromatic heterocycles. The second-order valence-corrected chi connectivity index (χ2v) is 8.47. The number of amides is 1. The highest BCUT2D eigenvalue weighted by molar-refractivity contribution is 5.78. The fourth-order valence-corrected chi connectivity index (χ4v) is 3.55. The van der Waals surface area contributed by atoms with Crippen LogP contribution in [0, 0.1) is 0 Å². The van der Waals surface area contributed by atoms with E-state index in [1.54, 1.807) is 48.5 Å². The number of carboxylic acids is 1. The third-order valence-corrected chi connectivity index (χ3v) is 5.65. The fourth-order valence-electron chi connectivity index (χ4n) is 3.55. The molecule has 3 aromatic carbocycles. The van der Waals surface area contributed by atoms with Crippen molar-refractivity contribution in [2.24, 2.45) is 4.99 Å². The molecule has 0 unspecified atom stereocenters. The Morgan fingerprint density at radius 3 is 2.15 bits per heavy atom. The van der Waals surface area contributed by atoms with Gasteiger partial charge in [-0.15, -0.1) is 0 Å². The topological polar surface area (TPSA) is 107 Å². The van der Waals surface area contributed by atoms with Crippen LogP contribution in [0.1, 0.15) is 24.5 Å². The standard InChI is InChI=1S/C30H32N2O7/c1-22(38-21-24-7-5-4-6-8-24)28(31-2)17-18-37-26-11-9-23(10-12-26)19-32(20-29(33)34)30(35)39-27-15-13-25(36-3)14-16-27/h4-16H,2,17-21H2,1,3H3,(H,33,34)/b28-22-. The van der Waals surface area contributed by atoms with Crippen molar-refractivity contribution in [1.29, 1.82) is 0 Å². The Kier molecular flexibility index (Phi) is 10.9. The Bertz CT molecular complexity index is 1260. The molecule has 0 saturated heterocycles. The van der Waals surface area contributed by atoms with Crippen molar-refractivity contribution in [3.8, 4) is 17.2 Å². The highest BCUT2D eigenvalue weighted by Gasteiger charge is 2.19. The van der Waals surface area contributed by atoms with Crippen LogP contribution in [0.25, 0.3) is 0 Å². The summed E-state index contributed by atoms with van der Waals surface area (Å²) in [5.41, 5.74) is 2.49. The Labute approximate surface area is 227 Å². The quantitative estimate of drug-likeness (QED) is 0.210. The van der Waals surface area contributed by atoms with E-state index in [0.717, 1.165) is 10.5 Å². The van der Waals surface area contributed by atoms with Crippen molar-refractivity contribution in [2.75, 3.05) is 20.3 Å². The van der Waals surface area contributed by atoms with Gasteiger partial charge in [-0.3, -0.25) is 14.7 Å². The van der Waals surface area contributed by atoms with E-state index in [1.807, 2.05) is 37.3 Å². The summed E-state index contributed by atoms with van der Waals surface area (Å²) in [6, 6.07) is 23.3. The molecule has 0 fully saturated rings. The average molecular weight is 533 g/mol. The first-order chi connectivity index (χ1) is 18.9. The number of methoxy groups -OCH3 is 1. The van der Waals surface area contributed by atoms with Gasteiger partial charge in [-0.05, 0) is 61.2 Å². The van der Waals surface area contributed by atoms with Crippen LogP contribution in [0.4, 0.5) is 4.79 Å². The third-order valence-electron chi connectivity index (χ3n) is 5.65. The molecule has 0 aliphatic carbocycles. The molecule has 39 heavy (non-hydrogen) atoms. The number of aliphatic imine (C=N–C) groups is 1. The number of carbonyl (C=O) groups excluding carboxylic acids is 1. The lowest BCUT2D eigenvalue weighted by molar-refractivity contribution is -0.138. The van der Waals surface area contributed by atoms with Crippen LogP contribution < -0.4 is 14.2 Å². The second-order valence-electron chi connectivity index (χ2n) is 8.47. The number of ether oxygens (including phenoxy) is 4. The van der Waals surface area contributed by atoms with Crippen molar-refractivity contribution in [3.63, 3.8) is 0 Å². The summed E-state index contributed by atoms with van der Waals surface area (Å²) in [7, 11) is 1.53. The van der Waals surface area contributed by atoms with E-state index < -0.39 is 18.6 Å². The minimum absolute atomic E-state index is 0.0484. The van der Waals surface area contributed by atoms with Gasteiger partial charge in [-0.25, -0.2) is 4.79 Å². The highest BCUT2D eigenvalue weighted by Crippen LogP contribution is 2.20. The lowest BCUT2D eigenvalue weighted by Gasteiger charge is -2.20. The molecule has 1 amide bonds. The summed E-state index contributed by atoms with van der Waals surface area (Å²) in [5.74, 6) is 1.05. The molecule has 0 spiro atoms. The zero-order chi connectivity index (χ0) is 28.0. The Morgan fingerprint density at radius 1 is 0.897 bits per heavy atom. The molecule has 1 N–H and O–H groups in total. The molecule has 0 radical (unpaired) electrons. The van der Waals surface area contributed by atoms with Gasteiger partial charge in [0.1, 0.15) is 36.2 Å². The number of allylic oxidation sites excluding steroid dienone is 1. The van der Waals surface area contributed by atoms with E-state index in [0.29, 0.717) is 48.2 Å². The van der Waals surface area contributed by atoms with E-state index in [2.05, 4.69) is 11.7 Å². The van der Waals surface area contributed by atoms with Crippen LogP contribution in [-0.4, -0.2) is 49.0 Å². The third kappa shape index (κ3) is 9.55. The molecule has 0 heterocycles. The Balaban J connectivity index is 1.53. The zero-order valence-corrected chi connectivity index (χ0v) is 22.0. The van der Waals surface area contributed by atoms with Crippen LogP contribution in [0.2, 0.25) is 0 Å². The summed E-state index contributed by atoms with van der Waals surface area (Å²) in [5, 5.41) is 9.27. The predicted molar refractivity (Wildman–Crippen MR) is 147 cm³/mol. The molecule has 9 nitrogen and oxygen atoms in total. The fraction of sp³-hybridized carbons (Fsp3) is 0.233. The molecule has 0 bridgehead atoms. The summed E-state index contributed by atoms with van der Waals surface area (Å²) in [4.78, 5) is 29.2. The first kappa shape index (κ1) is 28.8. The molecule has 0 atom stereocenters. The molecule has 3 aromatic rings. The second kappa shape index (κ2) is 14.8. The van der Waals surface area contributed by atoms with Gasteiger partial charge in [-0.1, -0.05) is 42.5 Å². The van der Waals surface area contributed by atoms with Gasteiger partial charge in [0, 0.05) is 13.0 Å². The summed E-state index contributed by atoms with van der Waals surface area (Å²) in [6.45, 7) is 5.83. The van der Waals surface area contributed by atoms with Gasteiger partial charge >= 0.3 is 12.1 Å². The van der Waals surface area contributed by atoms with Gasteiger partial charge in [0.2, 0.25) is 0 Å².